The Kier molecular flexibility index (Phi) is 7.36. The molecule has 1 aliphatic rings. The van der Waals surface area contributed by atoms with Gasteiger partial charge in [0.2, 0.25) is 0 Å². The van der Waals surface area contributed by atoms with Crippen LogP contribution in [0.3, 0.4) is 0 Å². The Morgan fingerprint density at radius 2 is 2.00 bits per heavy atom. The number of ether oxygens (including phenoxy) is 1. The lowest BCUT2D eigenvalue weighted by Gasteiger charge is -2.34. The molecule has 1 aromatic rings. The Morgan fingerprint density at radius 3 is 2.72 bits per heavy atom. The van der Waals surface area contributed by atoms with Gasteiger partial charge < -0.3 is 10.1 Å². The van der Waals surface area contributed by atoms with Gasteiger partial charge in [-0.1, -0.05) is 44.4 Å². The highest BCUT2D eigenvalue weighted by atomic mass is 32.2. The molecule has 4 nitrogen and oxygen atoms in total. The van der Waals surface area contributed by atoms with E-state index >= 15 is 0 Å². The zero-order chi connectivity index (χ0) is 18.4. The summed E-state index contributed by atoms with van der Waals surface area (Å²) in [5, 5.41) is 3.02. The number of carbonyl (C=O) groups is 2. The maximum Gasteiger partial charge on any atom is 0.316 e. The average molecular weight is 364 g/mol. The van der Waals surface area contributed by atoms with Crippen molar-refractivity contribution in [2.45, 2.75) is 57.9 Å². The molecule has 0 saturated heterocycles. The smallest absolute Gasteiger partial charge is 0.316 e. The second-order valence-electron chi connectivity index (χ2n) is 7.16. The number of hydrogen-bond acceptors (Lipinski definition) is 4. The fourth-order valence-electron chi connectivity index (χ4n) is 3.32. The number of thioether (sulfide) groups is 1. The van der Waals surface area contributed by atoms with Crippen molar-refractivity contribution in [3.05, 3.63) is 29.3 Å². The van der Waals surface area contributed by atoms with Crippen molar-refractivity contribution in [1.29, 1.82) is 0 Å². The van der Waals surface area contributed by atoms with Crippen molar-refractivity contribution in [1.82, 2.24) is 5.32 Å². The van der Waals surface area contributed by atoms with Crippen LogP contribution in [-0.2, 0) is 14.3 Å². The van der Waals surface area contributed by atoms with Crippen LogP contribution in [0.2, 0.25) is 0 Å². The molecular formula is C20H29NO3S. The summed E-state index contributed by atoms with van der Waals surface area (Å²) >= 11 is 1.45. The zero-order valence-electron chi connectivity index (χ0n) is 15.6. The van der Waals surface area contributed by atoms with E-state index in [1.54, 1.807) is 0 Å². The van der Waals surface area contributed by atoms with Gasteiger partial charge in [0.25, 0.3) is 5.91 Å². The van der Waals surface area contributed by atoms with E-state index in [1.165, 1.54) is 23.7 Å². The first-order valence-corrected chi connectivity index (χ1v) is 10.0. The molecule has 1 fully saturated rings. The lowest BCUT2D eigenvalue weighted by Crippen LogP contribution is -2.45. The second-order valence-corrected chi connectivity index (χ2v) is 8.18. The van der Waals surface area contributed by atoms with Gasteiger partial charge in [-0.3, -0.25) is 9.59 Å². The van der Waals surface area contributed by atoms with Gasteiger partial charge in [0.05, 0.1) is 5.75 Å². The molecule has 0 bridgehead atoms. The van der Waals surface area contributed by atoms with Crippen LogP contribution < -0.4 is 5.32 Å². The highest BCUT2D eigenvalue weighted by Gasteiger charge is 2.28. The molecule has 0 aliphatic heterocycles. The first-order chi connectivity index (χ1) is 11.9. The van der Waals surface area contributed by atoms with E-state index in [0.717, 1.165) is 23.3 Å². The van der Waals surface area contributed by atoms with E-state index in [0.29, 0.717) is 11.8 Å². The number of carbonyl (C=O) groups excluding carboxylic acids is 2. The summed E-state index contributed by atoms with van der Waals surface area (Å²) in [6.07, 6.45) is 3.37. The van der Waals surface area contributed by atoms with Gasteiger partial charge in [0.15, 0.2) is 6.61 Å². The highest BCUT2D eigenvalue weighted by molar-refractivity contribution is 8.00. The fourth-order valence-corrected chi connectivity index (χ4v) is 4.13. The summed E-state index contributed by atoms with van der Waals surface area (Å²) in [7, 11) is 0. The summed E-state index contributed by atoms with van der Waals surface area (Å²) in [6.45, 7) is 8.29. The summed E-state index contributed by atoms with van der Waals surface area (Å²) in [6, 6.07) is 6.33. The zero-order valence-corrected chi connectivity index (χ0v) is 16.4. The fraction of sp³-hybridized carbons (Fsp3) is 0.600. The van der Waals surface area contributed by atoms with E-state index in [2.05, 4.69) is 25.2 Å². The minimum absolute atomic E-state index is 0.191. The SMILES string of the molecule is Cc1ccc(SCC(=O)OCC(=O)N[C@H]2CCC[C@@H](C)[C@@H]2C)c(C)c1. The molecule has 1 saturated carbocycles. The Hall–Kier alpha value is -1.49. The van der Waals surface area contributed by atoms with Crippen LogP contribution in [0.4, 0.5) is 0 Å². The maximum atomic E-state index is 12.0. The van der Waals surface area contributed by atoms with E-state index in [9.17, 15) is 9.59 Å². The number of rotatable bonds is 6. The highest BCUT2D eigenvalue weighted by Crippen LogP contribution is 2.29. The normalized spacial score (nSPS) is 23.1. The summed E-state index contributed by atoms with van der Waals surface area (Å²) in [4.78, 5) is 25.0. The van der Waals surface area contributed by atoms with E-state index < -0.39 is 0 Å². The van der Waals surface area contributed by atoms with Crippen molar-refractivity contribution in [2.75, 3.05) is 12.4 Å². The monoisotopic (exact) mass is 363 g/mol. The van der Waals surface area contributed by atoms with Gasteiger partial charge in [-0.05, 0) is 43.7 Å². The molecule has 25 heavy (non-hydrogen) atoms. The molecular weight excluding hydrogens is 334 g/mol. The number of hydrogen-bond donors (Lipinski definition) is 1. The number of aryl methyl sites for hydroxylation is 2. The number of benzene rings is 1. The molecule has 2 rings (SSSR count). The third-order valence-electron chi connectivity index (χ3n) is 5.09. The predicted molar refractivity (Wildman–Crippen MR) is 102 cm³/mol. The van der Waals surface area contributed by atoms with Crippen LogP contribution >= 0.6 is 11.8 Å². The first kappa shape index (κ1) is 19.8. The average Bonchev–Trinajstić information content (AvgIpc) is 2.56. The second kappa shape index (κ2) is 9.27. The molecule has 138 valence electrons. The summed E-state index contributed by atoms with van der Waals surface area (Å²) < 4.78 is 5.12. The third-order valence-corrected chi connectivity index (χ3v) is 6.24. The van der Waals surface area contributed by atoms with E-state index in [4.69, 9.17) is 4.74 Å². The predicted octanol–water partition coefficient (Wildman–Crippen LogP) is 3.88. The number of esters is 1. The minimum atomic E-state index is -0.356. The Morgan fingerprint density at radius 1 is 1.24 bits per heavy atom. The summed E-state index contributed by atoms with van der Waals surface area (Å²) in [5.74, 6) is 0.749. The Labute approximate surface area is 155 Å². The molecule has 0 radical (unpaired) electrons. The lowest BCUT2D eigenvalue weighted by atomic mass is 9.78. The lowest BCUT2D eigenvalue weighted by molar-refractivity contribution is -0.146. The van der Waals surface area contributed by atoms with Gasteiger partial charge in [0.1, 0.15) is 0 Å². The molecule has 1 amide bonds. The Bertz CT molecular complexity index is 617. The standard InChI is InChI=1S/C20H29NO3S/c1-13-8-9-18(15(3)10-13)25-12-20(23)24-11-19(22)21-17-7-5-6-14(2)16(17)4/h8-10,14,16-17H,5-7,11-12H2,1-4H3,(H,21,22)/t14-,16+,17+/m1/s1. The topological polar surface area (TPSA) is 55.4 Å². The van der Waals surface area contributed by atoms with Gasteiger partial charge >= 0.3 is 5.97 Å². The van der Waals surface area contributed by atoms with Crippen LogP contribution in [0.15, 0.2) is 23.1 Å². The van der Waals surface area contributed by atoms with Crippen LogP contribution in [0.25, 0.3) is 0 Å². The molecule has 0 spiro atoms. The Balaban J connectivity index is 1.71. The molecule has 0 unspecified atom stereocenters. The van der Waals surface area contributed by atoms with Crippen LogP contribution in [0, 0.1) is 25.7 Å². The number of amides is 1. The van der Waals surface area contributed by atoms with Crippen molar-refractivity contribution in [3.8, 4) is 0 Å². The van der Waals surface area contributed by atoms with Gasteiger partial charge in [-0.25, -0.2) is 0 Å². The van der Waals surface area contributed by atoms with Crippen molar-refractivity contribution >= 4 is 23.6 Å². The molecule has 0 heterocycles. The minimum Gasteiger partial charge on any atom is -0.455 e. The van der Waals surface area contributed by atoms with Gasteiger partial charge in [-0.15, -0.1) is 11.8 Å². The maximum absolute atomic E-state index is 12.0. The number of nitrogens with one attached hydrogen (secondary N) is 1. The van der Waals surface area contributed by atoms with Crippen molar-refractivity contribution < 1.29 is 14.3 Å². The largest absolute Gasteiger partial charge is 0.455 e. The van der Waals surface area contributed by atoms with Crippen LogP contribution in [-0.4, -0.2) is 30.3 Å². The van der Waals surface area contributed by atoms with Gasteiger partial charge in [-0.2, -0.15) is 0 Å². The molecule has 3 atom stereocenters. The molecule has 1 aliphatic carbocycles. The first-order valence-electron chi connectivity index (χ1n) is 9.02. The quantitative estimate of drug-likeness (QED) is 0.615. The van der Waals surface area contributed by atoms with Crippen LogP contribution in [0.5, 0.6) is 0 Å². The van der Waals surface area contributed by atoms with Gasteiger partial charge in [0, 0.05) is 10.9 Å². The van der Waals surface area contributed by atoms with Crippen molar-refractivity contribution in [3.63, 3.8) is 0 Å². The molecule has 1 aromatic carbocycles. The summed E-state index contributed by atoms with van der Waals surface area (Å²) in [5.41, 5.74) is 2.35. The third kappa shape index (κ3) is 6.07. The molecule has 1 N–H and O–H groups in total. The molecule has 0 aromatic heterocycles. The van der Waals surface area contributed by atoms with E-state index in [-0.39, 0.29) is 30.3 Å². The molecule has 5 heteroatoms. The van der Waals surface area contributed by atoms with Crippen molar-refractivity contribution in [2.24, 2.45) is 11.8 Å². The van der Waals surface area contributed by atoms with E-state index in [1.807, 2.05) is 26.0 Å². The van der Waals surface area contributed by atoms with Crippen LogP contribution in [0.1, 0.15) is 44.2 Å².